The van der Waals surface area contributed by atoms with Crippen LogP contribution in [0.5, 0.6) is 0 Å². The summed E-state index contributed by atoms with van der Waals surface area (Å²) in [5.41, 5.74) is 5.95. The molecular weight excluding hydrogens is 959 g/mol. The molecule has 10 rings (SSSR count). The first-order chi connectivity index (χ1) is 37.6. The van der Waals surface area contributed by atoms with Crippen LogP contribution >= 0.6 is 0 Å². The van der Waals surface area contributed by atoms with E-state index in [1.165, 1.54) is 48.3 Å². The Bertz CT molecular complexity index is 4000. The van der Waals surface area contributed by atoms with Crippen LogP contribution in [0.2, 0.25) is 0 Å². The molecule has 4 nitrogen and oxygen atoms in total. The summed E-state index contributed by atoms with van der Waals surface area (Å²) >= 11 is 0. The summed E-state index contributed by atoms with van der Waals surface area (Å²) in [5, 5.41) is 2.68. The molecule has 6 aromatic carbocycles. The van der Waals surface area contributed by atoms with Gasteiger partial charge >= 0.3 is 0 Å². The average Bonchev–Trinajstić information content (AvgIpc) is 2.19. The number of aromatic nitrogens is 3. The van der Waals surface area contributed by atoms with E-state index in [2.05, 4.69) is 72.1 Å². The first-order valence-electron chi connectivity index (χ1n) is 29.2. The second kappa shape index (κ2) is 17.9. The van der Waals surface area contributed by atoms with E-state index in [0.29, 0.717) is 44.3 Å². The molecule has 319 valence electrons. The third kappa shape index (κ3) is 8.84. The molecule has 0 aliphatic carbocycles. The van der Waals surface area contributed by atoms with Gasteiger partial charge in [-0.25, -0.2) is 4.98 Å². The van der Waals surface area contributed by atoms with Gasteiger partial charge in [-0.05, 0) is 147 Å². The van der Waals surface area contributed by atoms with E-state index in [1.807, 2.05) is 18.2 Å². The van der Waals surface area contributed by atoms with Gasteiger partial charge in [0.1, 0.15) is 0 Å². The van der Waals surface area contributed by atoms with Crippen LogP contribution in [-0.2, 0) is 25.5 Å². The zero-order chi connectivity index (χ0) is 59.0. The molecule has 0 aliphatic heterocycles. The molecule has 64 heavy (non-hydrogen) atoms. The van der Waals surface area contributed by atoms with Crippen molar-refractivity contribution in [3.05, 3.63) is 197 Å². The van der Waals surface area contributed by atoms with Crippen molar-refractivity contribution < 1.29 is 49.2 Å². The maximum absolute atomic E-state index is 8.52. The number of nitrogens with zero attached hydrogens (tertiary/aromatic N) is 3. The van der Waals surface area contributed by atoms with Crippen molar-refractivity contribution >= 4 is 32.8 Å². The van der Waals surface area contributed by atoms with Gasteiger partial charge in [0.05, 0.1) is 5.58 Å². The van der Waals surface area contributed by atoms with Gasteiger partial charge in [-0.15, -0.1) is 53.6 Å². The van der Waals surface area contributed by atoms with Crippen LogP contribution in [0.3, 0.4) is 0 Å². The Labute approximate surface area is 416 Å². The maximum Gasteiger partial charge on any atom is 0.216 e. The summed E-state index contributed by atoms with van der Waals surface area (Å²) in [5.74, 6) is 0. The number of benzene rings is 6. The zero-order valence-corrected chi connectivity index (χ0v) is 37.3. The monoisotopic (exact) mass is 1030 g/mol. The SMILES string of the molecule is [2H]C([2H])([2H])c1c[c-]c(-c2cc(-c3ccccc3C([2H])([2H])[2H])c(C([2H])([2H])[2H])cn2)cc1.[2H]C([2H])([2H])c1ccc2c(n1)oc1c(-c3cc(-c4cc5ccc(-c6ccc(C(C)(C)C)cc6)cc5cc4C([2H])([2H])[2H])c(C([2H])([2H])[2H])cn3)[c-]ccc12.[Ir]. The van der Waals surface area contributed by atoms with Gasteiger partial charge < -0.3 is 14.4 Å². The quantitative estimate of drug-likeness (QED) is 0.161. The normalized spacial score (nSPS) is 16.7. The Morgan fingerprint density at radius 3 is 2.03 bits per heavy atom. The van der Waals surface area contributed by atoms with E-state index in [1.54, 1.807) is 60.7 Å². The maximum atomic E-state index is 8.52. The minimum Gasteiger partial charge on any atom is -0.486 e. The van der Waals surface area contributed by atoms with Crippen molar-refractivity contribution in [2.24, 2.45) is 0 Å². The average molecular weight is 1030 g/mol. The van der Waals surface area contributed by atoms with E-state index in [9.17, 15) is 0 Å². The molecule has 0 amide bonds. The van der Waals surface area contributed by atoms with Crippen molar-refractivity contribution in [1.29, 1.82) is 0 Å². The van der Waals surface area contributed by atoms with Crippen LogP contribution in [0.15, 0.2) is 150 Å². The summed E-state index contributed by atoms with van der Waals surface area (Å²) in [7, 11) is 0. The fraction of sp³-hybridized carbons (Fsp3) is 0.169. The number of hydrogen-bond donors (Lipinski definition) is 0. The van der Waals surface area contributed by atoms with Crippen molar-refractivity contribution in [1.82, 2.24) is 15.0 Å². The van der Waals surface area contributed by atoms with Gasteiger partial charge in [-0.1, -0.05) is 117 Å². The topological polar surface area (TPSA) is 51.8 Å². The summed E-state index contributed by atoms with van der Waals surface area (Å²) in [6.07, 6.45) is 2.45. The smallest absolute Gasteiger partial charge is 0.216 e. The molecule has 5 heteroatoms. The largest absolute Gasteiger partial charge is 0.486 e. The van der Waals surface area contributed by atoms with Crippen LogP contribution < -0.4 is 0 Å². The number of hydrogen-bond acceptors (Lipinski definition) is 4. The third-order valence-electron chi connectivity index (χ3n) is 11.0. The summed E-state index contributed by atoms with van der Waals surface area (Å²) in [6, 6.07) is 43.6. The first-order valence-corrected chi connectivity index (χ1v) is 20.2. The second-order valence-electron chi connectivity index (χ2n) is 16.3. The van der Waals surface area contributed by atoms with Crippen LogP contribution in [0.25, 0.3) is 88.7 Å². The minimum absolute atomic E-state index is 0. The number of rotatable bonds is 5. The zero-order valence-electron chi connectivity index (χ0n) is 52.9. The van der Waals surface area contributed by atoms with Crippen molar-refractivity contribution in [3.63, 3.8) is 0 Å². The van der Waals surface area contributed by atoms with Gasteiger partial charge in [0.15, 0.2) is 0 Å². The second-order valence-corrected chi connectivity index (χ2v) is 16.3. The predicted octanol–water partition coefficient (Wildman–Crippen LogP) is 15.7. The Kier molecular flexibility index (Phi) is 7.55. The first kappa shape index (κ1) is 27.0. The molecule has 0 saturated carbocycles. The van der Waals surface area contributed by atoms with Crippen LogP contribution in [0.4, 0.5) is 0 Å². The molecule has 4 heterocycles. The Morgan fingerprint density at radius 1 is 0.562 bits per heavy atom. The standard InChI is InChI=1S/C39H33N2O.C20H18N.Ir/c1-23-18-29-19-27(26-13-15-30(16-14-26)39(4,5)6)11-12-28(29)20-34(23)35-21-36(40-22-24(35)2)33-9-7-8-31-32-17-10-25(3)41-38(32)42-37(31)33;1-14-8-10-17(11-9-14)20-12-19(16(3)13-21-20)18-7-5-4-6-15(18)2;/h7-8,10-22H,1-6H3;4-10,12-13H,1-3H3;/q2*-1;/i2*1D3,2D3,3D3;. The number of pyridine rings is 3. The van der Waals surface area contributed by atoms with Crippen molar-refractivity contribution in [3.8, 4) is 55.9 Å². The fourth-order valence-corrected chi connectivity index (χ4v) is 7.62. The van der Waals surface area contributed by atoms with E-state index in [0.717, 1.165) is 16.5 Å². The molecule has 0 N–H and O–H groups in total. The van der Waals surface area contributed by atoms with Crippen molar-refractivity contribution in [2.45, 2.75) is 67.3 Å². The van der Waals surface area contributed by atoms with Crippen LogP contribution in [0.1, 0.15) is 84.5 Å². The van der Waals surface area contributed by atoms with Gasteiger partial charge in [-0.2, -0.15) is 0 Å². The molecule has 0 spiro atoms. The minimum atomic E-state index is -2.62. The van der Waals surface area contributed by atoms with Crippen LogP contribution in [0, 0.1) is 53.2 Å². The molecule has 1 radical (unpaired) electrons. The molecule has 4 aromatic heterocycles. The van der Waals surface area contributed by atoms with Crippen molar-refractivity contribution in [2.75, 3.05) is 0 Å². The molecule has 0 bridgehead atoms. The van der Waals surface area contributed by atoms with Gasteiger partial charge in [0.25, 0.3) is 0 Å². The molecule has 10 aromatic rings. The van der Waals surface area contributed by atoms with E-state index in [4.69, 9.17) is 29.1 Å². The molecule has 0 saturated heterocycles. The van der Waals surface area contributed by atoms with Gasteiger partial charge in [-0.3, -0.25) is 0 Å². The molecule has 0 unspecified atom stereocenters. The molecule has 0 atom stereocenters. The summed E-state index contributed by atoms with van der Waals surface area (Å²) in [6.45, 7) is -8.36. The van der Waals surface area contributed by atoms with E-state index < -0.39 is 41.1 Å². The third-order valence-corrected chi connectivity index (χ3v) is 11.0. The molecular formula is C59H51IrN3O-2. The Morgan fingerprint density at radius 2 is 1.30 bits per heavy atom. The number of furan rings is 1. The van der Waals surface area contributed by atoms with Gasteiger partial charge in [0, 0.05) is 68.3 Å². The number of fused-ring (bicyclic) bond motifs is 4. The summed E-state index contributed by atoms with van der Waals surface area (Å²) in [4.78, 5) is 12.9. The van der Waals surface area contributed by atoms with Crippen LogP contribution in [-0.4, -0.2) is 15.0 Å². The van der Waals surface area contributed by atoms with Gasteiger partial charge in [0.2, 0.25) is 5.71 Å². The molecule has 0 fully saturated rings. The Hall–Kier alpha value is -6.52. The summed E-state index contributed by atoms with van der Waals surface area (Å²) < 4.78 is 149. The number of aryl methyl sites for hydroxylation is 6. The van der Waals surface area contributed by atoms with E-state index >= 15 is 0 Å². The molecule has 0 aliphatic rings. The fourth-order valence-electron chi connectivity index (χ4n) is 7.62. The predicted molar refractivity (Wildman–Crippen MR) is 263 cm³/mol. The van der Waals surface area contributed by atoms with E-state index in [-0.39, 0.29) is 87.0 Å². The Balaban J connectivity index is 0.000000243.